The molecule has 6 heteroatoms. The molecule has 94 valence electrons. The summed E-state index contributed by atoms with van der Waals surface area (Å²) in [7, 11) is 0. The number of nitrogens with one attached hydrogen (secondary N) is 1. The Hall–Kier alpha value is -1.33. The van der Waals surface area contributed by atoms with Crippen molar-refractivity contribution in [1.29, 1.82) is 0 Å². The van der Waals surface area contributed by atoms with Crippen LogP contribution in [0.3, 0.4) is 0 Å². The number of aromatic nitrogens is 2. The van der Waals surface area contributed by atoms with Crippen molar-refractivity contribution in [3.63, 3.8) is 0 Å². The number of hydrogen-bond donors (Lipinski definition) is 1. The van der Waals surface area contributed by atoms with E-state index in [1.165, 1.54) is 0 Å². The molecule has 0 saturated carbocycles. The summed E-state index contributed by atoms with van der Waals surface area (Å²) in [5.41, 5.74) is 0.897. The maximum atomic E-state index is 5.75. The summed E-state index contributed by atoms with van der Waals surface area (Å²) < 4.78 is 6.12. The zero-order chi connectivity index (χ0) is 13.0. The summed E-state index contributed by atoms with van der Waals surface area (Å²) >= 11 is 9.10. The van der Waals surface area contributed by atoms with Crippen molar-refractivity contribution in [3.8, 4) is 5.75 Å². The lowest BCUT2D eigenvalue weighted by Crippen LogP contribution is -1.97. The minimum absolute atomic E-state index is 0.201. The Morgan fingerprint density at radius 1 is 1.33 bits per heavy atom. The lowest BCUT2D eigenvalue weighted by molar-refractivity contribution is 0.340. The fraction of sp³-hybridized carbons (Fsp3) is 0.167. The Balaban J connectivity index is 2.15. The van der Waals surface area contributed by atoms with Gasteiger partial charge in [-0.25, -0.2) is 4.98 Å². The second kappa shape index (κ2) is 6.02. The Labute approximate surface area is 118 Å². The molecule has 2 rings (SSSR count). The number of rotatable bonds is 4. The van der Waals surface area contributed by atoms with Gasteiger partial charge in [-0.15, -0.1) is 0 Å². The highest BCUT2D eigenvalue weighted by Crippen LogP contribution is 2.25. The minimum Gasteiger partial charge on any atom is -0.494 e. The summed E-state index contributed by atoms with van der Waals surface area (Å²) in [6, 6.07) is 7.60. The van der Waals surface area contributed by atoms with Crippen molar-refractivity contribution < 1.29 is 4.74 Å². The first-order valence-electron chi connectivity index (χ1n) is 5.37. The molecule has 0 atom stereocenters. The first kappa shape index (κ1) is 13.1. The van der Waals surface area contributed by atoms with Crippen LogP contribution in [0.25, 0.3) is 0 Å². The van der Waals surface area contributed by atoms with Crippen molar-refractivity contribution in [2.24, 2.45) is 0 Å². The van der Waals surface area contributed by atoms with E-state index in [4.69, 9.17) is 16.3 Å². The van der Waals surface area contributed by atoms with Crippen LogP contribution >= 0.6 is 27.5 Å². The number of halogens is 2. The summed E-state index contributed by atoms with van der Waals surface area (Å²) in [5.74, 6) is 1.46. The predicted octanol–water partition coefficient (Wildman–Crippen LogP) is 4.03. The molecule has 1 aromatic heterocycles. The van der Waals surface area contributed by atoms with Gasteiger partial charge in [0, 0.05) is 11.9 Å². The van der Waals surface area contributed by atoms with E-state index in [-0.39, 0.29) is 5.28 Å². The lowest BCUT2D eigenvalue weighted by Gasteiger charge is -2.08. The molecule has 1 heterocycles. The van der Waals surface area contributed by atoms with E-state index in [0.29, 0.717) is 12.4 Å². The highest BCUT2D eigenvalue weighted by Gasteiger charge is 2.04. The van der Waals surface area contributed by atoms with Crippen LogP contribution in [-0.2, 0) is 0 Å². The van der Waals surface area contributed by atoms with Gasteiger partial charge in [0.15, 0.2) is 0 Å². The maximum absolute atomic E-state index is 5.75. The Morgan fingerprint density at radius 3 is 2.72 bits per heavy atom. The quantitative estimate of drug-likeness (QED) is 0.861. The molecular formula is C12H11BrClN3O. The normalized spacial score (nSPS) is 10.2. The third kappa shape index (κ3) is 3.34. The number of anilines is 2. The first-order valence-corrected chi connectivity index (χ1v) is 6.54. The van der Waals surface area contributed by atoms with Gasteiger partial charge in [0.25, 0.3) is 0 Å². The van der Waals surface area contributed by atoms with Crippen molar-refractivity contribution in [2.45, 2.75) is 6.92 Å². The second-order valence-electron chi connectivity index (χ2n) is 3.42. The maximum Gasteiger partial charge on any atom is 0.224 e. The fourth-order valence-corrected chi connectivity index (χ4v) is 1.79. The van der Waals surface area contributed by atoms with E-state index < -0.39 is 0 Å². The number of nitrogens with zero attached hydrogens (tertiary/aromatic N) is 2. The van der Waals surface area contributed by atoms with Crippen LogP contribution in [0.5, 0.6) is 5.75 Å². The van der Waals surface area contributed by atoms with Crippen LogP contribution in [0.2, 0.25) is 5.28 Å². The molecule has 18 heavy (non-hydrogen) atoms. The van der Waals surface area contributed by atoms with Crippen LogP contribution in [0.1, 0.15) is 6.92 Å². The third-order valence-electron chi connectivity index (χ3n) is 2.14. The SMILES string of the molecule is CCOc1ccc(Nc2nc(Cl)ncc2Br)cc1. The summed E-state index contributed by atoms with van der Waals surface area (Å²) in [4.78, 5) is 7.96. The number of ether oxygens (including phenoxy) is 1. The molecule has 0 aliphatic rings. The molecule has 2 aromatic rings. The fourth-order valence-electron chi connectivity index (χ4n) is 1.37. The molecule has 1 N–H and O–H groups in total. The standard InChI is InChI=1S/C12H11BrClN3O/c1-2-18-9-5-3-8(4-6-9)16-11-10(13)7-15-12(14)17-11/h3-7H,2H2,1H3,(H,15,16,17). The molecule has 0 amide bonds. The van der Waals surface area contributed by atoms with Crippen LogP contribution in [0.4, 0.5) is 11.5 Å². The monoisotopic (exact) mass is 327 g/mol. The van der Waals surface area contributed by atoms with E-state index >= 15 is 0 Å². The molecule has 0 aliphatic carbocycles. The van der Waals surface area contributed by atoms with Gasteiger partial charge in [-0.05, 0) is 58.7 Å². The topological polar surface area (TPSA) is 47.0 Å². The molecular weight excluding hydrogens is 318 g/mol. The molecule has 1 aromatic carbocycles. The number of benzene rings is 1. The smallest absolute Gasteiger partial charge is 0.224 e. The van der Waals surface area contributed by atoms with Crippen LogP contribution in [0, 0.1) is 0 Å². The van der Waals surface area contributed by atoms with Gasteiger partial charge < -0.3 is 10.1 Å². The molecule has 4 nitrogen and oxygen atoms in total. The van der Waals surface area contributed by atoms with Crippen molar-refractivity contribution >= 4 is 39.0 Å². The van der Waals surface area contributed by atoms with Gasteiger partial charge in [0.1, 0.15) is 11.6 Å². The van der Waals surface area contributed by atoms with Gasteiger partial charge in [-0.1, -0.05) is 0 Å². The zero-order valence-corrected chi connectivity index (χ0v) is 12.0. The molecule has 0 bridgehead atoms. The van der Waals surface area contributed by atoms with Crippen molar-refractivity contribution in [1.82, 2.24) is 9.97 Å². The highest BCUT2D eigenvalue weighted by atomic mass is 79.9. The highest BCUT2D eigenvalue weighted by molar-refractivity contribution is 9.10. The molecule has 0 spiro atoms. The molecule has 0 radical (unpaired) electrons. The van der Waals surface area contributed by atoms with E-state index in [2.05, 4.69) is 31.2 Å². The van der Waals surface area contributed by atoms with Crippen LogP contribution in [-0.4, -0.2) is 16.6 Å². The van der Waals surface area contributed by atoms with Gasteiger partial charge >= 0.3 is 0 Å². The van der Waals surface area contributed by atoms with E-state index in [1.807, 2.05) is 31.2 Å². The Kier molecular flexibility index (Phi) is 4.38. The van der Waals surface area contributed by atoms with Crippen molar-refractivity contribution in [3.05, 3.63) is 40.2 Å². The summed E-state index contributed by atoms with van der Waals surface area (Å²) in [6.45, 7) is 2.60. The van der Waals surface area contributed by atoms with Crippen molar-refractivity contribution in [2.75, 3.05) is 11.9 Å². The third-order valence-corrected chi connectivity index (χ3v) is 2.91. The van der Waals surface area contributed by atoms with Gasteiger partial charge in [0.2, 0.25) is 5.28 Å². The first-order chi connectivity index (χ1) is 8.69. The number of hydrogen-bond acceptors (Lipinski definition) is 4. The van der Waals surface area contributed by atoms with E-state index in [0.717, 1.165) is 15.9 Å². The van der Waals surface area contributed by atoms with Crippen LogP contribution < -0.4 is 10.1 Å². The molecule has 0 fully saturated rings. The van der Waals surface area contributed by atoms with Gasteiger partial charge in [0.05, 0.1) is 11.1 Å². The zero-order valence-electron chi connectivity index (χ0n) is 9.65. The minimum atomic E-state index is 0.201. The molecule has 0 aliphatic heterocycles. The Bertz CT molecular complexity index is 533. The molecule has 0 saturated heterocycles. The lowest BCUT2D eigenvalue weighted by atomic mass is 10.3. The van der Waals surface area contributed by atoms with Gasteiger partial charge in [-0.3, -0.25) is 0 Å². The van der Waals surface area contributed by atoms with Crippen LogP contribution in [0.15, 0.2) is 34.9 Å². The summed E-state index contributed by atoms with van der Waals surface area (Å²) in [5, 5.41) is 3.34. The largest absolute Gasteiger partial charge is 0.494 e. The average Bonchev–Trinajstić information content (AvgIpc) is 2.37. The van der Waals surface area contributed by atoms with E-state index in [1.54, 1.807) is 6.20 Å². The second-order valence-corrected chi connectivity index (χ2v) is 4.61. The van der Waals surface area contributed by atoms with E-state index in [9.17, 15) is 0 Å². The predicted molar refractivity (Wildman–Crippen MR) is 75.6 cm³/mol. The van der Waals surface area contributed by atoms with Gasteiger partial charge in [-0.2, -0.15) is 4.98 Å². The summed E-state index contributed by atoms with van der Waals surface area (Å²) in [6.07, 6.45) is 1.60. The molecule has 0 unspecified atom stereocenters. The average molecular weight is 329 g/mol. The Morgan fingerprint density at radius 2 is 2.06 bits per heavy atom.